The molecule has 1 aromatic carbocycles. The molecular formula is C18H22N2O5. The van der Waals surface area contributed by atoms with Gasteiger partial charge < -0.3 is 19.4 Å². The maximum Gasteiger partial charge on any atom is 0.310 e. The molecule has 1 heterocycles. The molecule has 1 aromatic heterocycles. The molecule has 2 aromatic rings. The molecule has 7 nitrogen and oxygen atoms in total. The van der Waals surface area contributed by atoms with E-state index in [1.807, 2.05) is 18.2 Å². The topological polar surface area (TPSA) is 88.8 Å². The number of nitrogens with one attached hydrogen (secondary N) is 1. The molecule has 2 rings (SSSR count). The Morgan fingerprint density at radius 1 is 1.24 bits per heavy atom. The second kappa shape index (κ2) is 8.32. The van der Waals surface area contributed by atoms with Crippen molar-refractivity contribution in [3.05, 3.63) is 35.6 Å². The van der Waals surface area contributed by atoms with Gasteiger partial charge in [-0.1, -0.05) is 19.1 Å². The van der Waals surface area contributed by atoms with Gasteiger partial charge in [0.25, 0.3) is 5.91 Å². The lowest BCUT2D eigenvalue weighted by Gasteiger charge is -2.11. The van der Waals surface area contributed by atoms with E-state index in [-0.39, 0.29) is 18.9 Å². The minimum Gasteiger partial charge on any atom is -0.464 e. The van der Waals surface area contributed by atoms with E-state index in [0.29, 0.717) is 5.56 Å². The fraction of sp³-hybridized carbons (Fsp3) is 0.389. The van der Waals surface area contributed by atoms with E-state index in [1.165, 1.54) is 11.2 Å². The number of rotatable bonds is 7. The summed E-state index contributed by atoms with van der Waals surface area (Å²) in [5.41, 5.74) is 2.59. The van der Waals surface area contributed by atoms with E-state index in [9.17, 15) is 14.4 Å². The third kappa shape index (κ3) is 5.07. The van der Waals surface area contributed by atoms with E-state index in [4.69, 9.17) is 9.15 Å². The molecule has 2 amide bonds. The van der Waals surface area contributed by atoms with Crippen LogP contribution in [0.25, 0.3) is 11.0 Å². The lowest BCUT2D eigenvalue weighted by molar-refractivity contribution is -0.148. The number of esters is 1. The molecule has 7 heteroatoms. The van der Waals surface area contributed by atoms with Crippen molar-refractivity contribution in [1.82, 2.24) is 10.2 Å². The molecule has 0 atom stereocenters. The van der Waals surface area contributed by atoms with Crippen LogP contribution in [0.2, 0.25) is 0 Å². The number of amides is 2. The van der Waals surface area contributed by atoms with Crippen LogP contribution in [0.5, 0.6) is 0 Å². The third-order valence-corrected chi connectivity index (χ3v) is 3.76. The van der Waals surface area contributed by atoms with Crippen molar-refractivity contribution in [1.29, 1.82) is 0 Å². The Balaban J connectivity index is 1.84. The highest BCUT2D eigenvalue weighted by Gasteiger charge is 2.14. The number of carbonyl (C=O) groups is 3. The Morgan fingerprint density at radius 2 is 2.00 bits per heavy atom. The number of likely N-dealkylation sites (N-methyl/N-ethyl adjacent to an activating group) is 1. The van der Waals surface area contributed by atoms with Gasteiger partial charge in [-0.3, -0.25) is 14.4 Å². The number of hydrogen-bond acceptors (Lipinski definition) is 5. The maximum absolute atomic E-state index is 11.9. The van der Waals surface area contributed by atoms with Gasteiger partial charge in [0.05, 0.1) is 19.2 Å². The second-order valence-corrected chi connectivity index (χ2v) is 5.85. The standard InChI is InChI=1S/C18H22N2O5/c1-4-12-5-6-14-13(10-24-15(14)7-12)8-18(23)25-11-16(21)19-9-17(22)20(2)3/h5-7,10H,4,8-9,11H2,1-3H3,(H,19,21). The van der Waals surface area contributed by atoms with Crippen LogP contribution in [0, 0.1) is 0 Å². The Morgan fingerprint density at radius 3 is 2.68 bits per heavy atom. The smallest absolute Gasteiger partial charge is 0.310 e. The van der Waals surface area contributed by atoms with Gasteiger partial charge in [-0.2, -0.15) is 0 Å². The second-order valence-electron chi connectivity index (χ2n) is 5.85. The van der Waals surface area contributed by atoms with Gasteiger partial charge >= 0.3 is 5.97 Å². The Hall–Kier alpha value is -2.83. The van der Waals surface area contributed by atoms with Crippen LogP contribution in [0.4, 0.5) is 0 Å². The first-order chi connectivity index (χ1) is 11.9. The minimum atomic E-state index is -0.531. The molecule has 1 N–H and O–H groups in total. The molecule has 0 aliphatic heterocycles. The van der Waals surface area contributed by atoms with E-state index in [0.717, 1.165) is 23.0 Å². The summed E-state index contributed by atoms with van der Waals surface area (Å²) in [5.74, 6) is -1.29. The Bertz CT molecular complexity index is 779. The summed E-state index contributed by atoms with van der Waals surface area (Å²) in [5, 5.41) is 3.25. The van der Waals surface area contributed by atoms with Crippen molar-refractivity contribution in [3.8, 4) is 0 Å². The Labute approximate surface area is 145 Å². The largest absolute Gasteiger partial charge is 0.464 e. The van der Waals surface area contributed by atoms with Crippen LogP contribution >= 0.6 is 0 Å². The van der Waals surface area contributed by atoms with E-state index >= 15 is 0 Å². The normalized spacial score (nSPS) is 10.5. The molecule has 0 aliphatic rings. The van der Waals surface area contributed by atoms with Gasteiger partial charge in [0.15, 0.2) is 6.61 Å². The molecule has 25 heavy (non-hydrogen) atoms. The van der Waals surface area contributed by atoms with Crippen molar-refractivity contribution in [3.63, 3.8) is 0 Å². The van der Waals surface area contributed by atoms with Crippen molar-refractivity contribution >= 4 is 28.8 Å². The summed E-state index contributed by atoms with van der Waals surface area (Å²) in [6.07, 6.45) is 2.45. The molecule has 0 saturated heterocycles. The lowest BCUT2D eigenvalue weighted by Crippen LogP contribution is -2.38. The van der Waals surface area contributed by atoms with Gasteiger partial charge in [-0.25, -0.2) is 0 Å². The zero-order chi connectivity index (χ0) is 18.4. The molecule has 0 saturated carbocycles. The number of nitrogens with zero attached hydrogens (tertiary/aromatic N) is 1. The van der Waals surface area contributed by atoms with Crippen LogP contribution < -0.4 is 5.32 Å². The first-order valence-corrected chi connectivity index (χ1v) is 8.02. The number of aryl methyl sites for hydroxylation is 1. The summed E-state index contributed by atoms with van der Waals surface area (Å²) < 4.78 is 10.4. The average molecular weight is 346 g/mol. The average Bonchev–Trinajstić information content (AvgIpc) is 2.99. The summed E-state index contributed by atoms with van der Waals surface area (Å²) in [6, 6.07) is 5.85. The number of fused-ring (bicyclic) bond motifs is 1. The number of carbonyl (C=O) groups excluding carboxylic acids is 3. The van der Waals surface area contributed by atoms with Gasteiger partial charge in [0.1, 0.15) is 5.58 Å². The van der Waals surface area contributed by atoms with Crippen LogP contribution in [-0.4, -0.2) is 49.9 Å². The zero-order valence-electron chi connectivity index (χ0n) is 14.6. The number of furan rings is 1. The molecule has 134 valence electrons. The SMILES string of the molecule is CCc1ccc2c(CC(=O)OCC(=O)NCC(=O)N(C)C)coc2c1. The maximum atomic E-state index is 11.9. The van der Waals surface area contributed by atoms with Crippen molar-refractivity contribution in [2.24, 2.45) is 0 Å². The van der Waals surface area contributed by atoms with Crippen molar-refractivity contribution in [2.75, 3.05) is 27.2 Å². The first-order valence-electron chi connectivity index (χ1n) is 8.02. The van der Waals surface area contributed by atoms with Crippen LogP contribution in [-0.2, 0) is 32.0 Å². The lowest BCUT2D eigenvalue weighted by atomic mass is 10.1. The first kappa shape index (κ1) is 18.5. The molecule has 0 spiro atoms. The number of hydrogen-bond donors (Lipinski definition) is 1. The van der Waals surface area contributed by atoms with Crippen molar-refractivity contribution in [2.45, 2.75) is 19.8 Å². The minimum absolute atomic E-state index is 0.0162. The fourth-order valence-electron chi connectivity index (χ4n) is 2.22. The van der Waals surface area contributed by atoms with Gasteiger partial charge in [0, 0.05) is 25.0 Å². The summed E-state index contributed by atoms with van der Waals surface area (Å²) in [6.45, 7) is 1.50. The predicted octanol–water partition coefficient (Wildman–Crippen LogP) is 1.29. The highest BCUT2D eigenvalue weighted by atomic mass is 16.5. The summed E-state index contributed by atoms with van der Waals surface area (Å²) in [4.78, 5) is 36.2. The van der Waals surface area contributed by atoms with E-state index in [1.54, 1.807) is 14.1 Å². The monoisotopic (exact) mass is 346 g/mol. The predicted molar refractivity (Wildman–Crippen MR) is 92.0 cm³/mol. The molecule has 0 radical (unpaired) electrons. The summed E-state index contributed by atoms with van der Waals surface area (Å²) in [7, 11) is 3.18. The van der Waals surface area contributed by atoms with Gasteiger partial charge in [-0.15, -0.1) is 0 Å². The van der Waals surface area contributed by atoms with Crippen molar-refractivity contribution < 1.29 is 23.5 Å². The molecule has 0 aliphatic carbocycles. The van der Waals surface area contributed by atoms with Gasteiger partial charge in [0.2, 0.25) is 5.91 Å². The van der Waals surface area contributed by atoms with E-state index < -0.39 is 18.5 Å². The fourth-order valence-corrected chi connectivity index (χ4v) is 2.22. The molecule has 0 fully saturated rings. The molecular weight excluding hydrogens is 324 g/mol. The molecule has 0 bridgehead atoms. The molecule has 0 unspecified atom stereocenters. The van der Waals surface area contributed by atoms with Crippen LogP contribution in [0.15, 0.2) is 28.9 Å². The number of ether oxygens (including phenoxy) is 1. The number of benzene rings is 1. The summed E-state index contributed by atoms with van der Waals surface area (Å²) >= 11 is 0. The van der Waals surface area contributed by atoms with Crippen LogP contribution in [0.3, 0.4) is 0 Å². The van der Waals surface area contributed by atoms with E-state index in [2.05, 4.69) is 12.2 Å². The highest BCUT2D eigenvalue weighted by molar-refractivity contribution is 5.88. The zero-order valence-corrected chi connectivity index (χ0v) is 14.6. The highest BCUT2D eigenvalue weighted by Crippen LogP contribution is 2.23. The Kier molecular flexibility index (Phi) is 6.16. The quantitative estimate of drug-likeness (QED) is 0.763. The van der Waals surface area contributed by atoms with Crippen LogP contribution in [0.1, 0.15) is 18.1 Å². The van der Waals surface area contributed by atoms with Gasteiger partial charge in [-0.05, 0) is 18.1 Å². The third-order valence-electron chi connectivity index (χ3n) is 3.76.